The lowest BCUT2D eigenvalue weighted by atomic mass is 10.2. The highest BCUT2D eigenvalue weighted by molar-refractivity contribution is 9.11. The zero-order chi connectivity index (χ0) is 16.7. The molecule has 120 valence electrons. The molecule has 0 atom stereocenters. The number of phenols is 1. The maximum atomic E-state index is 10.3. The summed E-state index contributed by atoms with van der Waals surface area (Å²) in [6.07, 6.45) is 3.39. The summed E-state index contributed by atoms with van der Waals surface area (Å²) in [5, 5.41) is 13.7. The monoisotopic (exact) mass is 447 g/mol. The van der Waals surface area contributed by atoms with Gasteiger partial charge in [-0.05, 0) is 28.1 Å². The summed E-state index contributed by atoms with van der Waals surface area (Å²) < 4.78 is 1.42. The van der Waals surface area contributed by atoms with E-state index in [0.29, 0.717) is 16.1 Å². The fourth-order valence-corrected chi connectivity index (χ4v) is 3.62. The largest absolute Gasteiger partial charge is 0.505 e. The number of fused-ring (bicyclic) bond motifs is 1. The summed E-state index contributed by atoms with van der Waals surface area (Å²) in [4.78, 5) is 8.88. The third-order valence-corrected chi connectivity index (χ3v) is 4.62. The normalized spacial score (nSPS) is 15.8. The Hall–Kier alpha value is -2.32. The van der Waals surface area contributed by atoms with E-state index in [9.17, 15) is 5.11 Å². The molecular weight excluding hydrogens is 438 g/mol. The second-order valence-electron chi connectivity index (χ2n) is 5.09. The van der Waals surface area contributed by atoms with Crippen molar-refractivity contribution < 1.29 is 5.11 Å². The Morgan fingerprint density at radius 2 is 1.88 bits per heavy atom. The molecule has 0 spiro atoms. The first-order valence-corrected chi connectivity index (χ1v) is 8.64. The lowest BCUT2D eigenvalue weighted by Gasteiger charge is -2.31. The first-order chi connectivity index (χ1) is 11.6. The average molecular weight is 449 g/mol. The van der Waals surface area contributed by atoms with Crippen LogP contribution in [0.5, 0.6) is 5.75 Å². The number of hydrogen-bond donors (Lipinski definition) is 2. The number of nitrogens with zero attached hydrogens (tertiary/aromatic N) is 4. The van der Waals surface area contributed by atoms with Gasteiger partial charge in [-0.25, -0.2) is 10.0 Å². The fraction of sp³-hybridized carbons (Fsp3) is 0. The lowest BCUT2D eigenvalue weighted by Crippen LogP contribution is -2.48. The van der Waals surface area contributed by atoms with Gasteiger partial charge in [0.05, 0.1) is 10.2 Å². The quantitative estimate of drug-likeness (QED) is 0.732. The summed E-state index contributed by atoms with van der Waals surface area (Å²) in [7, 11) is 0. The van der Waals surface area contributed by atoms with Crippen LogP contribution < -0.4 is 10.4 Å². The molecule has 2 aliphatic rings. The predicted octanol–water partition coefficient (Wildman–Crippen LogP) is 3.86. The number of benzene rings is 2. The zero-order valence-corrected chi connectivity index (χ0v) is 15.4. The molecule has 2 aromatic rings. The molecule has 4 rings (SSSR count). The molecule has 0 fully saturated rings. The molecule has 0 bridgehead atoms. The van der Waals surface area contributed by atoms with Gasteiger partial charge in [-0.2, -0.15) is 10.1 Å². The number of hydrazine groups is 2. The third kappa shape index (κ3) is 2.57. The Morgan fingerprint density at radius 1 is 1.08 bits per heavy atom. The maximum absolute atomic E-state index is 10.3. The van der Waals surface area contributed by atoms with E-state index in [1.165, 1.54) is 0 Å². The summed E-state index contributed by atoms with van der Waals surface area (Å²) in [5.74, 6) is 0.609. The van der Waals surface area contributed by atoms with E-state index in [4.69, 9.17) is 0 Å². The van der Waals surface area contributed by atoms with E-state index in [-0.39, 0.29) is 5.75 Å². The van der Waals surface area contributed by atoms with Gasteiger partial charge in [-0.1, -0.05) is 46.3 Å². The maximum Gasteiger partial charge on any atom is 0.267 e. The minimum atomic E-state index is 0.116. The SMILES string of the molecule is Oc1c(Br)cc(Br)cc1N1C=NC2=NC(c3ccccc3)=CNN21. The van der Waals surface area contributed by atoms with Crippen molar-refractivity contribution >= 4 is 55.5 Å². The van der Waals surface area contributed by atoms with Crippen molar-refractivity contribution in [3.8, 4) is 5.75 Å². The van der Waals surface area contributed by atoms with Gasteiger partial charge in [0, 0.05) is 16.2 Å². The minimum Gasteiger partial charge on any atom is -0.505 e. The van der Waals surface area contributed by atoms with Gasteiger partial charge >= 0.3 is 0 Å². The molecule has 0 amide bonds. The van der Waals surface area contributed by atoms with Crippen molar-refractivity contribution in [3.05, 3.63) is 63.2 Å². The van der Waals surface area contributed by atoms with Crippen molar-refractivity contribution in [2.45, 2.75) is 0 Å². The van der Waals surface area contributed by atoms with Gasteiger partial charge in [0.25, 0.3) is 5.96 Å². The Labute approximate surface area is 155 Å². The van der Waals surface area contributed by atoms with Crippen LogP contribution in [0.1, 0.15) is 5.56 Å². The molecule has 0 radical (unpaired) electrons. The predicted molar refractivity (Wildman–Crippen MR) is 101 cm³/mol. The third-order valence-electron chi connectivity index (χ3n) is 3.56. The molecular formula is C16H11Br2N5O. The zero-order valence-electron chi connectivity index (χ0n) is 12.2. The van der Waals surface area contributed by atoms with Crippen LogP contribution in [0.25, 0.3) is 5.70 Å². The molecule has 2 heterocycles. The standard InChI is InChI=1S/C16H11Br2N5O/c17-11-6-12(18)15(24)14(7-11)22-9-19-16-21-13(8-20-23(16)22)10-4-2-1-3-5-10/h1-9,20,24H. The number of anilines is 1. The van der Waals surface area contributed by atoms with E-state index >= 15 is 0 Å². The van der Waals surface area contributed by atoms with Crippen LogP contribution in [0.2, 0.25) is 0 Å². The van der Waals surface area contributed by atoms with Gasteiger partial charge in [0.15, 0.2) is 5.75 Å². The molecule has 2 aromatic carbocycles. The number of phenolic OH excluding ortho intramolecular Hbond substituents is 1. The van der Waals surface area contributed by atoms with Crippen molar-refractivity contribution in [1.82, 2.24) is 10.5 Å². The smallest absolute Gasteiger partial charge is 0.267 e. The molecule has 0 saturated heterocycles. The number of rotatable bonds is 2. The fourth-order valence-electron chi connectivity index (χ4n) is 2.42. The number of hydrogen-bond acceptors (Lipinski definition) is 6. The number of halogens is 2. The second kappa shape index (κ2) is 5.95. The molecule has 24 heavy (non-hydrogen) atoms. The Bertz CT molecular complexity index is 895. The first-order valence-electron chi connectivity index (χ1n) is 7.05. The van der Waals surface area contributed by atoms with Crippen LogP contribution in [-0.4, -0.2) is 22.5 Å². The molecule has 0 saturated carbocycles. The van der Waals surface area contributed by atoms with E-state index in [2.05, 4.69) is 47.3 Å². The number of guanidine groups is 1. The minimum absolute atomic E-state index is 0.116. The molecule has 2 N–H and O–H groups in total. The summed E-state index contributed by atoms with van der Waals surface area (Å²) in [5.41, 5.74) is 5.50. The average Bonchev–Trinajstić information content (AvgIpc) is 3.02. The van der Waals surface area contributed by atoms with Crippen molar-refractivity contribution in [2.75, 3.05) is 5.01 Å². The highest BCUT2D eigenvalue weighted by atomic mass is 79.9. The van der Waals surface area contributed by atoms with Crippen LogP contribution in [0.3, 0.4) is 0 Å². The Morgan fingerprint density at radius 3 is 2.67 bits per heavy atom. The summed E-state index contributed by atoms with van der Waals surface area (Å²) in [6, 6.07) is 13.4. The number of nitrogens with one attached hydrogen (secondary N) is 1. The van der Waals surface area contributed by atoms with Crippen molar-refractivity contribution in [2.24, 2.45) is 9.98 Å². The van der Waals surface area contributed by atoms with Crippen LogP contribution in [0.15, 0.2) is 67.6 Å². The second-order valence-corrected chi connectivity index (χ2v) is 6.86. The molecule has 6 nitrogen and oxygen atoms in total. The number of aromatic hydroxyl groups is 1. The van der Waals surface area contributed by atoms with Gasteiger partial charge in [-0.15, -0.1) is 0 Å². The molecule has 2 aliphatic heterocycles. The van der Waals surface area contributed by atoms with Gasteiger partial charge in [0.1, 0.15) is 12.0 Å². The summed E-state index contributed by atoms with van der Waals surface area (Å²) >= 11 is 6.77. The topological polar surface area (TPSA) is 63.5 Å². The Balaban J connectivity index is 1.67. The molecule has 0 unspecified atom stereocenters. The van der Waals surface area contributed by atoms with Crippen LogP contribution in [-0.2, 0) is 0 Å². The van der Waals surface area contributed by atoms with Crippen LogP contribution in [0.4, 0.5) is 5.69 Å². The van der Waals surface area contributed by atoms with Gasteiger partial charge in [-0.3, -0.25) is 5.43 Å². The van der Waals surface area contributed by atoms with E-state index < -0.39 is 0 Å². The molecule has 0 aromatic heterocycles. The lowest BCUT2D eigenvalue weighted by molar-refractivity contribution is 0.372. The van der Waals surface area contributed by atoms with Crippen molar-refractivity contribution in [1.29, 1.82) is 0 Å². The van der Waals surface area contributed by atoms with Crippen LogP contribution >= 0.6 is 31.9 Å². The highest BCUT2D eigenvalue weighted by Crippen LogP contribution is 2.39. The van der Waals surface area contributed by atoms with E-state index in [0.717, 1.165) is 15.7 Å². The summed E-state index contributed by atoms with van der Waals surface area (Å²) in [6.45, 7) is 0. The van der Waals surface area contributed by atoms with Crippen LogP contribution in [0, 0.1) is 0 Å². The van der Waals surface area contributed by atoms with E-state index in [1.54, 1.807) is 34.8 Å². The first kappa shape index (κ1) is 15.2. The van der Waals surface area contributed by atoms with E-state index in [1.807, 2.05) is 30.3 Å². The van der Waals surface area contributed by atoms with Gasteiger partial charge in [0.2, 0.25) is 0 Å². The molecule has 0 aliphatic carbocycles. The Kier molecular flexibility index (Phi) is 3.78. The number of aliphatic imine (C=N–C) groups is 2. The van der Waals surface area contributed by atoms with Gasteiger partial charge < -0.3 is 5.11 Å². The van der Waals surface area contributed by atoms with Crippen molar-refractivity contribution in [3.63, 3.8) is 0 Å². The highest BCUT2D eigenvalue weighted by Gasteiger charge is 2.29. The molecule has 8 heteroatoms.